The van der Waals surface area contributed by atoms with E-state index in [1.807, 2.05) is 0 Å². The Morgan fingerprint density at radius 3 is 1.14 bits per heavy atom. The third kappa shape index (κ3) is 1410. The Balaban J connectivity index is -0.0000000160. The molecular weight excluding hydrogens is 107 g/mol. The van der Waals surface area contributed by atoms with Gasteiger partial charge < -0.3 is 1.43 Å². The van der Waals surface area contributed by atoms with Gasteiger partial charge in [-0.25, -0.2) is 20.4 Å². The van der Waals surface area contributed by atoms with Crippen LogP contribution in [0.25, 0.3) is 0 Å². The number of hydrogen-bond acceptors (Lipinski definition) is 4. The molecule has 0 rings (SSSR count). The van der Waals surface area contributed by atoms with Crippen molar-refractivity contribution in [2.24, 2.45) is 0 Å². The fourth-order valence-corrected chi connectivity index (χ4v) is 0. The number of isocyanates is 2. The van der Waals surface area contributed by atoms with E-state index in [1.165, 1.54) is 0 Å². The van der Waals surface area contributed by atoms with Gasteiger partial charge in [-0.2, -0.15) is 0 Å². The van der Waals surface area contributed by atoms with E-state index in [9.17, 15) is 0 Å². The van der Waals surface area contributed by atoms with Gasteiger partial charge in [0.05, 0.1) is 0 Å². The van der Waals surface area contributed by atoms with Crippen LogP contribution in [0.3, 0.4) is 0 Å². The maximum Gasteiger partial charge on any atom is 1.00 e. The Hall–Kier alpha value is -0.240. The van der Waals surface area contributed by atoms with Crippen molar-refractivity contribution in [3.8, 4) is 0 Å². The molecule has 0 radical (unpaired) electrons. The summed E-state index contributed by atoms with van der Waals surface area (Å²) in [4.78, 5) is 16.7. The Labute approximate surface area is 63.7 Å². The molecule has 0 heterocycles. The van der Waals surface area contributed by atoms with Gasteiger partial charge in [-0.05, 0) is 0 Å². The van der Waals surface area contributed by atoms with E-state index < -0.39 is 0 Å². The third-order valence-corrected chi connectivity index (χ3v) is 0. The van der Waals surface area contributed by atoms with Gasteiger partial charge in [-0.1, -0.05) is 0 Å². The average molecular weight is 110 g/mol. The van der Waals surface area contributed by atoms with Crippen molar-refractivity contribution in [1.29, 1.82) is 10.8 Å². The molecule has 2 N–H and O–H groups in total. The SMILES string of the molecule is N=C=O.N=C=O.[H-].[Na+]. The summed E-state index contributed by atoms with van der Waals surface area (Å²) in [5, 5.41) is 10.8. The van der Waals surface area contributed by atoms with Crippen LogP contribution in [0.2, 0.25) is 0 Å². The van der Waals surface area contributed by atoms with Gasteiger partial charge in [-0.15, -0.1) is 0 Å². The molecule has 0 fully saturated rings. The molecule has 0 bridgehead atoms. The molecule has 0 saturated carbocycles. The molecule has 0 aliphatic rings. The van der Waals surface area contributed by atoms with Crippen LogP contribution in [0.5, 0.6) is 0 Å². The molecule has 0 aliphatic heterocycles. The Kier molecular flexibility index (Phi) is 95.5. The second-order valence-electron chi connectivity index (χ2n) is 0.204. The molecule has 0 atom stereocenters. The first kappa shape index (κ1) is 15.9. The molecule has 34 valence electrons. The molecule has 0 unspecified atom stereocenters. The molecule has 4 nitrogen and oxygen atoms in total. The molecule has 0 saturated heterocycles. The second-order valence-corrected chi connectivity index (χ2v) is 0.204. The Morgan fingerprint density at radius 2 is 1.14 bits per heavy atom. The van der Waals surface area contributed by atoms with E-state index >= 15 is 0 Å². The molecule has 0 aromatic rings. The van der Waals surface area contributed by atoms with Crippen molar-refractivity contribution in [3.05, 3.63) is 0 Å². The van der Waals surface area contributed by atoms with Crippen molar-refractivity contribution in [1.82, 2.24) is 0 Å². The molecule has 0 aromatic heterocycles. The molecule has 7 heavy (non-hydrogen) atoms. The largest absolute Gasteiger partial charge is 1.00 e. The molecule has 5 heteroatoms. The van der Waals surface area contributed by atoms with Gasteiger partial charge in [0.2, 0.25) is 12.2 Å². The van der Waals surface area contributed by atoms with Gasteiger partial charge in [-0.3, -0.25) is 0 Å². The summed E-state index contributed by atoms with van der Waals surface area (Å²) in [6.07, 6.45) is 1.50. The summed E-state index contributed by atoms with van der Waals surface area (Å²) in [6.45, 7) is 0. The van der Waals surface area contributed by atoms with Crippen LogP contribution >= 0.6 is 0 Å². The van der Waals surface area contributed by atoms with E-state index in [4.69, 9.17) is 20.4 Å². The number of rotatable bonds is 0. The van der Waals surface area contributed by atoms with Crippen LogP contribution in [-0.4, -0.2) is 12.2 Å². The molecule has 0 aromatic carbocycles. The first-order chi connectivity index (χ1) is 2.83. The summed E-state index contributed by atoms with van der Waals surface area (Å²) in [5.41, 5.74) is 0. The standard InChI is InChI=1S/2CHNO.Na.H/c2*2-1-3;;/h2*2H;;/q;;+1;-1. The van der Waals surface area contributed by atoms with Crippen LogP contribution in [0, 0.1) is 10.8 Å². The van der Waals surface area contributed by atoms with Crippen molar-refractivity contribution in [3.63, 3.8) is 0 Å². The van der Waals surface area contributed by atoms with Crippen molar-refractivity contribution >= 4 is 12.2 Å². The number of hydrogen-bond donors (Lipinski definition) is 2. The van der Waals surface area contributed by atoms with Crippen LogP contribution in [0.4, 0.5) is 0 Å². The number of carbonyl (C=O) groups excluding carboxylic acids is 2. The average Bonchev–Trinajstić information content (AvgIpc) is 1.39. The minimum absolute atomic E-state index is 0. The zero-order chi connectivity index (χ0) is 5.41. The molecular formula is C2H3N2NaO2. The van der Waals surface area contributed by atoms with E-state index in [0.717, 1.165) is 12.2 Å². The predicted molar refractivity (Wildman–Crippen MR) is 17.9 cm³/mol. The summed E-state index contributed by atoms with van der Waals surface area (Å²) in [5.74, 6) is 0. The summed E-state index contributed by atoms with van der Waals surface area (Å²) < 4.78 is 0. The van der Waals surface area contributed by atoms with E-state index in [1.54, 1.807) is 0 Å². The molecule has 0 amide bonds. The van der Waals surface area contributed by atoms with E-state index in [-0.39, 0.29) is 31.0 Å². The van der Waals surface area contributed by atoms with Gasteiger partial charge in [0.25, 0.3) is 0 Å². The molecule has 0 aliphatic carbocycles. The minimum atomic E-state index is 0. The molecule has 0 spiro atoms. The van der Waals surface area contributed by atoms with Crippen molar-refractivity contribution in [2.45, 2.75) is 0 Å². The summed E-state index contributed by atoms with van der Waals surface area (Å²) in [7, 11) is 0. The fourth-order valence-electron chi connectivity index (χ4n) is 0. The Morgan fingerprint density at radius 1 is 1.14 bits per heavy atom. The first-order valence-corrected chi connectivity index (χ1v) is 0.908. The normalized spacial score (nSPS) is 2.29. The predicted octanol–water partition coefficient (Wildman–Crippen LogP) is -3.08. The maximum atomic E-state index is 8.35. The van der Waals surface area contributed by atoms with E-state index in [2.05, 4.69) is 0 Å². The second kappa shape index (κ2) is 42.1. The summed E-state index contributed by atoms with van der Waals surface area (Å²) in [6, 6.07) is 0. The third-order valence-electron chi connectivity index (χ3n) is 0. The minimum Gasteiger partial charge on any atom is -1.00 e. The van der Waals surface area contributed by atoms with Crippen molar-refractivity contribution in [2.75, 3.05) is 0 Å². The van der Waals surface area contributed by atoms with Crippen LogP contribution in [0.15, 0.2) is 0 Å². The topological polar surface area (TPSA) is 81.8 Å². The first-order valence-electron chi connectivity index (χ1n) is 0.908. The smallest absolute Gasteiger partial charge is 1.00 e. The summed E-state index contributed by atoms with van der Waals surface area (Å²) >= 11 is 0. The zero-order valence-corrected chi connectivity index (χ0v) is 5.82. The fraction of sp³-hybridized carbons (Fsp3) is 0. The maximum absolute atomic E-state index is 8.35. The quantitative estimate of drug-likeness (QED) is 0.197. The Bertz CT molecular complexity index is 72.0. The number of nitrogens with one attached hydrogen (secondary N) is 2. The monoisotopic (exact) mass is 110 g/mol. The van der Waals surface area contributed by atoms with Crippen LogP contribution in [0.1, 0.15) is 1.43 Å². The van der Waals surface area contributed by atoms with Gasteiger partial charge in [0.15, 0.2) is 0 Å². The zero-order valence-electron chi connectivity index (χ0n) is 4.82. The van der Waals surface area contributed by atoms with Gasteiger partial charge >= 0.3 is 29.6 Å². The van der Waals surface area contributed by atoms with E-state index in [0.29, 0.717) is 0 Å². The van der Waals surface area contributed by atoms with Gasteiger partial charge in [0, 0.05) is 0 Å². The van der Waals surface area contributed by atoms with Gasteiger partial charge in [0.1, 0.15) is 0 Å². The van der Waals surface area contributed by atoms with Crippen molar-refractivity contribution < 1.29 is 40.6 Å². The van der Waals surface area contributed by atoms with Crippen LogP contribution in [-0.2, 0) is 9.59 Å². The van der Waals surface area contributed by atoms with Crippen LogP contribution < -0.4 is 29.6 Å².